The molecule has 3 rings (SSSR count). The van der Waals surface area contributed by atoms with Crippen molar-refractivity contribution in [1.29, 1.82) is 0 Å². The quantitative estimate of drug-likeness (QED) is 0.704. The van der Waals surface area contributed by atoms with Crippen LogP contribution in [0.25, 0.3) is 0 Å². The van der Waals surface area contributed by atoms with Gasteiger partial charge in [0.15, 0.2) is 0 Å². The van der Waals surface area contributed by atoms with Crippen LogP contribution in [0, 0.1) is 13.8 Å². The van der Waals surface area contributed by atoms with Gasteiger partial charge in [0, 0.05) is 38.1 Å². The van der Waals surface area contributed by atoms with E-state index in [2.05, 4.69) is 4.72 Å². The minimum Gasteiger partial charge on any atom is -0.494 e. The van der Waals surface area contributed by atoms with Crippen LogP contribution in [0.4, 0.5) is 0 Å². The number of aromatic nitrogens is 1. The maximum atomic E-state index is 13.4. The molecule has 1 saturated heterocycles. The Kier molecular flexibility index (Phi) is 7.43. The van der Waals surface area contributed by atoms with Gasteiger partial charge in [0.25, 0.3) is 5.91 Å². The lowest BCUT2D eigenvalue weighted by Gasteiger charge is -2.21. The summed E-state index contributed by atoms with van der Waals surface area (Å²) in [5, 5.41) is 0. The van der Waals surface area contributed by atoms with Crippen molar-refractivity contribution < 1.29 is 17.9 Å². The van der Waals surface area contributed by atoms with E-state index in [1.807, 2.05) is 38.1 Å². The van der Waals surface area contributed by atoms with E-state index in [0.717, 1.165) is 37.0 Å². The zero-order valence-corrected chi connectivity index (χ0v) is 19.7. The molecule has 1 fully saturated rings. The number of sulfonamides is 1. The van der Waals surface area contributed by atoms with Crippen LogP contribution in [-0.4, -0.2) is 43.5 Å². The normalized spacial score (nSPS) is 15.0. The van der Waals surface area contributed by atoms with Crippen LogP contribution in [0.5, 0.6) is 5.75 Å². The minimum absolute atomic E-state index is 0.0904. The van der Waals surface area contributed by atoms with Gasteiger partial charge >= 0.3 is 0 Å². The first kappa shape index (κ1) is 23.3. The third-order valence-electron chi connectivity index (χ3n) is 6.00. The van der Waals surface area contributed by atoms with Gasteiger partial charge in [0.05, 0.1) is 12.2 Å². The number of nitrogens with one attached hydrogen (secondary N) is 1. The highest BCUT2D eigenvalue weighted by molar-refractivity contribution is 7.89. The Morgan fingerprint density at radius 1 is 1.03 bits per heavy atom. The van der Waals surface area contributed by atoms with Gasteiger partial charge < -0.3 is 14.2 Å². The number of benzene rings is 1. The summed E-state index contributed by atoms with van der Waals surface area (Å²) in [4.78, 5) is 15.3. The molecule has 0 spiro atoms. The Morgan fingerprint density at radius 2 is 1.65 bits per heavy atom. The summed E-state index contributed by atoms with van der Waals surface area (Å²) in [6.45, 7) is 7.53. The van der Waals surface area contributed by atoms with E-state index in [1.165, 1.54) is 0 Å². The van der Waals surface area contributed by atoms with Crippen molar-refractivity contribution in [3.8, 4) is 5.75 Å². The van der Waals surface area contributed by atoms with E-state index in [9.17, 15) is 13.2 Å². The molecule has 0 radical (unpaired) electrons. The van der Waals surface area contributed by atoms with Crippen LogP contribution in [0.15, 0.2) is 29.2 Å². The monoisotopic (exact) mass is 447 g/mol. The van der Waals surface area contributed by atoms with Gasteiger partial charge in [0.1, 0.15) is 10.6 Å². The lowest BCUT2D eigenvalue weighted by molar-refractivity contribution is 0.0757. The second-order valence-electron chi connectivity index (χ2n) is 8.04. The molecule has 1 aromatic heterocycles. The Morgan fingerprint density at radius 3 is 2.23 bits per heavy atom. The fraction of sp³-hybridized carbons (Fsp3) is 0.522. The fourth-order valence-corrected chi connectivity index (χ4v) is 5.58. The number of likely N-dealkylation sites (tertiary alicyclic amines) is 1. The van der Waals surface area contributed by atoms with Crippen LogP contribution < -0.4 is 9.46 Å². The summed E-state index contributed by atoms with van der Waals surface area (Å²) in [6.07, 6.45) is 4.11. The maximum Gasteiger partial charge on any atom is 0.257 e. The lowest BCUT2D eigenvalue weighted by Crippen LogP contribution is -2.34. The van der Waals surface area contributed by atoms with Gasteiger partial charge in [0.2, 0.25) is 10.0 Å². The molecule has 0 bridgehead atoms. The fourth-order valence-electron chi connectivity index (χ4n) is 4.05. The number of hydrogen-bond donors (Lipinski definition) is 1. The molecule has 1 amide bonds. The van der Waals surface area contributed by atoms with Crippen LogP contribution in [0.2, 0.25) is 0 Å². The summed E-state index contributed by atoms with van der Waals surface area (Å²) < 4.78 is 36.5. The Bertz CT molecular complexity index is 1020. The van der Waals surface area contributed by atoms with Gasteiger partial charge in [-0.15, -0.1) is 0 Å². The van der Waals surface area contributed by atoms with E-state index in [1.54, 1.807) is 23.4 Å². The first-order valence-corrected chi connectivity index (χ1v) is 12.4. The standard InChI is InChI=1S/C23H33N3O4S/c1-5-30-20-12-10-19(11-13-20)16-24-31(28,29)22-18(3)25(4)17(2)21(22)23(27)26-14-8-6-7-9-15-26/h10-13,24H,5-9,14-16H2,1-4H3. The summed E-state index contributed by atoms with van der Waals surface area (Å²) in [5.74, 6) is 0.554. The largest absolute Gasteiger partial charge is 0.494 e. The average molecular weight is 448 g/mol. The number of ether oxygens (including phenoxy) is 1. The molecule has 170 valence electrons. The number of hydrogen-bond acceptors (Lipinski definition) is 4. The molecular weight excluding hydrogens is 414 g/mol. The van der Waals surface area contributed by atoms with Crippen LogP contribution in [-0.2, 0) is 23.6 Å². The predicted octanol–water partition coefficient (Wildman–Crippen LogP) is 3.54. The topological polar surface area (TPSA) is 80.6 Å². The number of carbonyl (C=O) groups is 1. The van der Waals surface area contributed by atoms with Crippen molar-refractivity contribution in [2.45, 2.75) is 57.9 Å². The highest BCUT2D eigenvalue weighted by Crippen LogP contribution is 2.28. The lowest BCUT2D eigenvalue weighted by atomic mass is 10.2. The van der Waals surface area contributed by atoms with Gasteiger partial charge in [-0.1, -0.05) is 25.0 Å². The van der Waals surface area contributed by atoms with Gasteiger partial charge in [-0.2, -0.15) is 0 Å². The molecule has 1 aromatic carbocycles. The van der Waals surface area contributed by atoms with E-state index >= 15 is 0 Å². The molecule has 8 heteroatoms. The highest BCUT2D eigenvalue weighted by Gasteiger charge is 2.32. The first-order valence-electron chi connectivity index (χ1n) is 10.9. The van der Waals surface area contributed by atoms with Crippen LogP contribution >= 0.6 is 0 Å². The maximum absolute atomic E-state index is 13.4. The van der Waals surface area contributed by atoms with Crippen LogP contribution in [0.1, 0.15) is 59.9 Å². The number of nitrogens with zero attached hydrogens (tertiary/aromatic N) is 2. The zero-order chi connectivity index (χ0) is 22.6. The molecule has 1 aliphatic rings. The van der Waals surface area contributed by atoms with Crippen molar-refractivity contribution >= 4 is 15.9 Å². The smallest absolute Gasteiger partial charge is 0.257 e. The van der Waals surface area contributed by atoms with E-state index in [0.29, 0.717) is 36.6 Å². The van der Waals surface area contributed by atoms with Crippen LogP contribution in [0.3, 0.4) is 0 Å². The Labute approximate surface area is 185 Å². The van der Waals surface area contributed by atoms with Gasteiger partial charge in [-0.3, -0.25) is 4.79 Å². The van der Waals surface area contributed by atoms with Crippen molar-refractivity contribution in [3.63, 3.8) is 0 Å². The van der Waals surface area contributed by atoms with E-state index in [-0.39, 0.29) is 17.3 Å². The van der Waals surface area contributed by atoms with Gasteiger partial charge in [-0.05, 0) is 51.3 Å². The molecule has 0 saturated carbocycles. The second-order valence-corrected chi connectivity index (χ2v) is 9.75. The molecule has 31 heavy (non-hydrogen) atoms. The zero-order valence-electron chi connectivity index (χ0n) is 18.9. The van der Waals surface area contributed by atoms with Crippen molar-refractivity contribution in [1.82, 2.24) is 14.2 Å². The van der Waals surface area contributed by atoms with E-state index < -0.39 is 10.0 Å². The second kappa shape index (κ2) is 9.87. The minimum atomic E-state index is -3.88. The summed E-state index contributed by atoms with van der Waals surface area (Å²) in [7, 11) is -2.08. The van der Waals surface area contributed by atoms with Crippen molar-refractivity contribution in [3.05, 3.63) is 46.8 Å². The molecule has 1 aliphatic heterocycles. The van der Waals surface area contributed by atoms with Gasteiger partial charge in [-0.25, -0.2) is 13.1 Å². The molecular formula is C23H33N3O4S. The molecule has 0 aliphatic carbocycles. The molecule has 0 unspecified atom stereocenters. The predicted molar refractivity (Wildman–Crippen MR) is 121 cm³/mol. The first-order chi connectivity index (χ1) is 14.8. The highest BCUT2D eigenvalue weighted by atomic mass is 32.2. The molecule has 1 N–H and O–H groups in total. The third-order valence-corrected chi connectivity index (χ3v) is 7.56. The van der Waals surface area contributed by atoms with Crippen molar-refractivity contribution in [2.75, 3.05) is 19.7 Å². The molecule has 2 aromatic rings. The number of carbonyl (C=O) groups excluding carboxylic acids is 1. The summed E-state index contributed by atoms with van der Waals surface area (Å²) in [6, 6.07) is 7.30. The number of amides is 1. The molecule has 0 atom stereocenters. The molecule has 2 heterocycles. The summed E-state index contributed by atoms with van der Waals surface area (Å²) >= 11 is 0. The van der Waals surface area contributed by atoms with Crippen molar-refractivity contribution in [2.24, 2.45) is 7.05 Å². The third kappa shape index (κ3) is 5.13. The number of rotatable bonds is 7. The summed E-state index contributed by atoms with van der Waals surface area (Å²) in [5.41, 5.74) is 2.35. The Hall–Kier alpha value is -2.32. The Balaban J connectivity index is 1.87. The average Bonchev–Trinajstić information content (AvgIpc) is 2.94. The molecule has 7 nitrogen and oxygen atoms in total. The van der Waals surface area contributed by atoms with E-state index in [4.69, 9.17) is 4.74 Å². The SMILES string of the molecule is CCOc1ccc(CNS(=O)(=O)c2c(C(=O)N3CCCCCC3)c(C)n(C)c2C)cc1.